The number of ether oxygens (including phenoxy) is 2. The molecule has 2 aromatic heterocycles. The lowest BCUT2D eigenvalue weighted by Gasteiger charge is -2.09. The van der Waals surface area contributed by atoms with Gasteiger partial charge in [-0.05, 0) is 12.1 Å². The van der Waals surface area contributed by atoms with Gasteiger partial charge in [0.2, 0.25) is 6.79 Å². The van der Waals surface area contributed by atoms with Crippen LogP contribution in [0.25, 0.3) is 11.0 Å². The molecular formula is C14H10ClN3O3S. The number of imidazole rings is 1. The number of hydrogen-bond acceptors (Lipinski definition) is 5. The maximum absolute atomic E-state index is 12.5. The molecule has 1 unspecified atom stereocenters. The zero-order valence-corrected chi connectivity index (χ0v) is 12.8. The van der Waals surface area contributed by atoms with Crippen LogP contribution in [0, 0.1) is 0 Å². The van der Waals surface area contributed by atoms with Gasteiger partial charge in [0.1, 0.15) is 11.3 Å². The van der Waals surface area contributed by atoms with E-state index in [1.54, 1.807) is 30.6 Å². The molecule has 1 N–H and O–H groups in total. The number of aromatic amines is 1. The largest absolute Gasteiger partial charge is 0.609 e. The fourth-order valence-electron chi connectivity index (χ4n) is 2.22. The smallest absolute Gasteiger partial charge is 0.322 e. The fourth-order valence-corrected chi connectivity index (χ4v) is 3.60. The molecule has 1 aliphatic heterocycles. The Kier molecular flexibility index (Phi) is 3.33. The molecule has 1 aromatic carbocycles. The quantitative estimate of drug-likeness (QED) is 0.744. The van der Waals surface area contributed by atoms with Gasteiger partial charge in [-0.1, -0.05) is 11.6 Å². The van der Waals surface area contributed by atoms with Crippen LogP contribution in [-0.2, 0) is 16.9 Å². The van der Waals surface area contributed by atoms with E-state index < -0.39 is 11.2 Å². The van der Waals surface area contributed by atoms with Gasteiger partial charge < -0.3 is 14.0 Å². The number of benzene rings is 1. The molecule has 4 rings (SSSR count). The molecule has 8 heteroatoms. The van der Waals surface area contributed by atoms with Crippen LogP contribution in [-0.4, -0.2) is 26.3 Å². The van der Waals surface area contributed by atoms with Gasteiger partial charge in [-0.3, -0.25) is 9.97 Å². The first-order valence-electron chi connectivity index (χ1n) is 6.47. The Morgan fingerprint density at radius 3 is 2.95 bits per heavy atom. The van der Waals surface area contributed by atoms with Crippen LogP contribution in [0.1, 0.15) is 5.56 Å². The molecule has 0 aliphatic carbocycles. The molecule has 0 saturated heterocycles. The van der Waals surface area contributed by atoms with Crippen molar-refractivity contribution in [2.45, 2.75) is 10.9 Å². The van der Waals surface area contributed by atoms with E-state index in [1.165, 1.54) is 0 Å². The van der Waals surface area contributed by atoms with E-state index in [0.717, 1.165) is 11.1 Å². The normalized spacial score (nSPS) is 14.5. The van der Waals surface area contributed by atoms with Crippen molar-refractivity contribution in [3.63, 3.8) is 0 Å². The molecule has 0 saturated carbocycles. The maximum Gasteiger partial charge on any atom is 0.322 e. The molecule has 0 spiro atoms. The summed E-state index contributed by atoms with van der Waals surface area (Å²) in [5, 5.41) is 0.895. The topological polar surface area (TPSA) is 83.1 Å². The summed E-state index contributed by atoms with van der Waals surface area (Å²) in [6, 6.07) is 5.22. The number of aromatic nitrogens is 3. The molecule has 3 aromatic rings. The van der Waals surface area contributed by atoms with Crippen LogP contribution in [0.5, 0.6) is 11.5 Å². The van der Waals surface area contributed by atoms with Crippen molar-refractivity contribution < 1.29 is 14.0 Å². The van der Waals surface area contributed by atoms with E-state index >= 15 is 0 Å². The number of hydrogen-bond donors (Lipinski definition) is 1. The number of H-pyrrole nitrogens is 1. The highest BCUT2D eigenvalue weighted by Gasteiger charge is 2.22. The second-order valence-electron chi connectivity index (χ2n) is 4.72. The van der Waals surface area contributed by atoms with Gasteiger partial charge in [-0.15, -0.1) is 0 Å². The second-order valence-corrected chi connectivity index (χ2v) is 6.50. The summed E-state index contributed by atoms with van der Waals surface area (Å²) in [6.45, 7) is 0.175. The van der Waals surface area contributed by atoms with E-state index in [1.807, 2.05) is 0 Å². The zero-order chi connectivity index (χ0) is 15.1. The minimum absolute atomic E-state index is 0.175. The van der Waals surface area contributed by atoms with Crippen molar-refractivity contribution in [2.75, 3.05) is 6.79 Å². The highest BCUT2D eigenvalue weighted by atomic mass is 35.5. The fraction of sp³-hybridized carbons (Fsp3) is 0.143. The molecule has 22 heavy (non-hydrogen) atoms. The van der Waals surface area contributed by atoms with Crippen LogP contribution in [0.4, 0.5) is 0 Å². The Balaban J connectivity index is 1.62. The van der Waals surface area contributed by atoms with Crippen molar-refractivity contribution in [3.05, 3.63) is 41.2 Å². The molecule has 112 valence electrons. The monoisotopic (exact) mass is 335 g/mol. The SMILES string of the molecule is [O-][S+](Cc1cc2c(cc1Cl)OCO2)c1nc2cnccc2[nH]1. The lowest BCUT2D eigenvalue weighted by atomic mass is 10.2. The number of fused-ring (bicyclic) bond motifs is 2. The first kappa shape index (κ1) is 13.7. The second kappa shape index (κ2) is 5.35. The van der Waals surface area contributed by atoms with Gasteiger partial charge in [-0.25, -0.2) is 0 Å². The third-order valence-corrected chi connectivity index (χ3v) is 4.86. The number of rotatable bonds is 3. The van der Waals surface area contributed by atoms with E-state index in [0.29, 0.717) is 27.2 Å². The minimum Gasteiger partial charge on any atom is -0.609 e. The Labute approximate surface area is 133 Å². The summed E-state index contributed by atoms with van der Waals surface area (Å²) in [6.07, 6.45) is 3.28. The van der Waals surface area contributed by atoms with Gasteiger partial charge in [0.25, 0.3) is 0 Å². The van der Waals surface area contributed by atoms with Gasteiger partial charge in [0, 0.05) is 29.0 Å². The Hall–Kier alpha value is -1.96. The van der Waals surface area contributed by atoms with Crippen molar-refractivity contribution >= 4 is 33.8 Å². The molecular weight excluding hydrogens is 326 g/mol. The number of nitrogens with one attached hydrogen (secondary N) is 1. The summed E-state index contributed by atoms with van der Waals surface area (Å²) >= 11 is 4.86. The predicted molar refractivity (Wildman–Crippen MR) is 81.6 cm³/mol. The van der Waals surface area contributed by atoms with Crippen molar-refractivity contribution in [2.24, 2.45) is 0 Å². The maximum atomic E-state index is 12.5. The lowest BCUT2D eigenvalue weighted by Crippen LogP contribution is -2.07. The average Bonchev–Trinajstić information content (AvgIpc) is 3.13. The number of pyridine rings is 1. The van der Waals surface area contributed by atoms with Gasteiger partial charge >= 0.3 is 5.16 Å². The minimum atomic E-state index is -1.35. The van der Waals surface area contributed by atoms with Crippen molar-refractivity contribution in [1.29, 1.82) is 0 Å². The zero-order valence-electron chi connectivity index (χ0n) is 11.2. The molecule has 3 heterocycles. The third kappa shape index (κ3) is 2.37. The van der Waals surface area contributed by atoms with Crippen molar-refractivity contribution in [3.8, 4) is 11.5 Å². The Morgan fingerprint density at radius 1 is 1.32 bits per heavy atom. The Bertz CT molecular complexity index is 821. The van der Waals surface area contributed by atoms with Crippen LogP contribution in [0.3, 0.4) is 0 Å². The van der Waals surface area contributed by atoms with E-state index in [-0.39, 0.29) is 12.5 Å². The van der Waals surface area contributed by atoms with Gasteiger partial charge in [0.05, 0.1) is 16.7 Å². The van der Waals surface area contributed by atoms with Gasteiger partial charge in [0.15, 0.2) is 11.5 Å². The molecule has 0 fully saturated rings. The Morgan fingerprint density at radius 2 is 2.14 bits per heavy atom. The lowest BCUT2D eigenvalue weighted by molar-refractivity contribution is 0.174. The predicted octanol–water partition coefficient (Wildman–Crippen LogP) is 2.65. The molecule has 0 bridgehead atoms. The molecule has 1 aliphatic rings. The van der Waals surface area contributed by atoms with Crippen LogP contribution in [0.15, 0.2) is 35.7 Å². The summed E-state index contributed by atoms with van der Waals surface area (Å²) in [5.41, 5.74) is 2.21. The van der Waals surface area contributed by atoms with E-state index in [9.17, 15) is 4.55 Å². The average molecular weight is 336 g/mol. The van der Waals surface area contributed by atoms with Crippen LogP contribution in [0.2, 0.25) is 5.02 Å². The molecule has 6 nitrogen and oxygen atoms in total. The van der Waals surface area contributed by atoms with Crippen molar-refractivity contribution in [1.82, 2.24) is 15.0 Å². The number of halogens is 1. The summed E-state index contributed by atoms with van der Waals surface area (Å²) in [4.78, 5) is 11.3. The molecule has 1 atom stereocenters. The number of nitrogens with zero attached hydrogens (tertiary/aromatic N) is 2. The highest BCUT2D eigenvalue weighted by molar-refractivity contribution is 7.90. The highest BCUT2D eigenvalue weighted by Crippen LogP contribution is 2.37. The first-order chi connectivity index (χ1) is 10.7. The summed E-state index contributed by atoms with van der Waals surface area (Å²) in [7, 11) is 0. The van der Waals surface area contributed by atoms with Crippen LogP contribution < -0.4 is 9.47 Å². The molecule has 0 radical (unpaired) electrons. The van der Waals surface area contributed by atoms with Crippen LogP contribution >= 0.6 is 11.6 Å². The van der Waals surface area contributed by atoms with E-state index in [2.05, 4.69) is 15.0 Å². The summed E-state index contributed by atoms with van der Waals surface area (Å²) in [5.74, 6) is 1.46. The first-order valence-corrected chi connectivity index (χ1v) is 8.16. The molecule has 0 amide bonds. The third-order valence-electron chi connectivity index (χ3n) is 3.31. The standard InChI is InChI=1S/C14H10ClN3O3S/c15-9-4-13-12(20-7-21-13)3-8(9)6-22(19)14-17-10-1-2-16-5-11(10)18-14/h1-5H,6-7H2,(H,17,18). The van der Waals surface area contributed by atoms with E-state index in [4.69, 9.17) is 21.1 Å². The summed E-state index contributed by atoms with van der Waals surface area (Å²) < 4.78 is 23.1. The van der Waals surface area contributed by atoms with Gasteiger partial charge in [-0.2, -0.15) is 4.98 Å².